The van der Waals surface area contributed by atoms with Gasteiger partial charge >= 0.3 is 11.9 Å². The second-order valence-corrected chi connectivity index (χ2v) is 18.9. The first-order valence-corrected chi connectivity index (χ1v) is 25.8. The molecule has 0 aromatic carbocycles. The highest BCUT2D eigenvalue weighted by Gasteiger charge is 2.21. The normalized spacial score (nSPS) is 13.9. The Bertz CT molecular complexity index is 1160. The Hall–Kier alpha value is -2.03. The van der Waals surface area contributed by atoms with Crippen molar-refractivity contribution >= 4 is 19.8 Å². The third-order valence-electron chi connectivity index (χ3n) is 10.4. The summed E-state index contributed by atoms with van der Waals surface area (Å²) in [6.07, 6.45) is 50.1. The molecular weight excluding hydrogens is 774 g/mol. The number of hydrogen-bond donors (Lipinski definition) is 0. The van der Waals surface area contributed by atoms with Crippen molar-refractivity contribution in [2.45, 2.75) is 213 Å². The largest absolute Gasteiger partial charge is 0.756 e. The molecule has 0 aliphatic carbocycles. The van der Waals surface area contributed by atoms with Crippen molar-refractivity contribution < 1.29 is 42.1 Å². The van der Waals surface area contributed by atoms with Gasteiger partial charge in [-0.1, -0.05) is 191 Å². The fourth-order valence-electron chi connectivity index (χ4n) is 6.59. The highest BCUT2D eigenvalue weighted by atomic mass is 31.2. The zero-order valence-corrected chi connectivity index (χ0v) is 40.3. The van der Waals surface area contributed by atoms with E-state index in [4.69, 9.17) is 18.5 Å². The van der Waals surface area contributed by atoms with Crippen LogP contribution in [-0.4, -0.2) is 70.0 Å². The molecule has 0 aliphatic rings. The van der Waals surface area contributed by atoms with Gasteiger partial charge < -0.3 is 27.9 Å². The van der Waals surface area contributed by atoms with Crippen molar-refractivity contribution in [3.63, 3.8) is 0 Å². The molecule has 0 saturated carbocycles. The first-order valence-electron chi connectivity index (χ1n) is 24.3. The molecule has 0 fully saturated rings. The van der Waals surface area contributed by atoms with E-state index in [-0.39, 0.29) is 26.1 Å². The SMILES string of the molecule is CC/C=C\C/C=C\C/C=C\C/C=C\CCCCC(=O)O[C@H](COC(=O)CCCCCCCCCCCCCCCCCCCCCCC)COP(=O)([O-])OCC[N+](C)(C)C. The quantitative estimate of drug-likeness (QED) is 0.0196. The fourth-order valence-corrected chi connectivity index (χ4v) is 7.32. The number of carbonyl (C=O) groups is 2. The van der Waals surface area contributed by atoms with Gasteiger partial charge in [0.05, 0.1) is 27.7 Å². The zero-order valence-electron chi connectivity index (χ0n) is 39.4. The number of unbranched alkanes of at least 4 members (excludes halogenated alkanes) is 22. The van der Waals surface area contributed by atoms with Gasteiger partial charge in [-0.2, -0.15) is 0 Å². The van der Waals surface area contributed by atoms with E-state index in [1.807, 2.05) is 21.1 Å². The number of phosphoric acid groups is 1. The van der Waals surface area contributed by atoms with Gasteiger partial charge in [-0.15, -0.1) is 0 Å². The number of ether oxygens (including phenoxy) is 2. The van der Waals surface area contributed by atoms with Crippen LogP contribution in [0.1, 0.15) is 206 Å². The Morgan fingerprint density at radius 2 is 0.950 bits per heavy atom. The molecule has 0 heterocycles. The summed E-state index contributed by atoms with van der Waals surface area (Å²) in [6.45, 7) is 4.08. The molecule has 0 aliphatic heterocycles. The van der Waals surface area contributed by atoms with Crippen LogP contribution in [-0.2, 0) is 32.7 Å². The predicted octanol–water partition coefficient (Wildman–Crippen LogP) is 13.6. The predicted molar refractivity (Wildman–Crippen MR) is 250 cm³/mol. The second-order valence-electron chi connectivity index (χ2n) is 17.5. The van der Waals surface area contributed by atoms with Crippen LogP contribution in [0.4, 0.5) is 0 Å². The van der Waals surface area contributed by atoms with Crippen molar-refractivity contribution in [3.05, 3.63) is 48.6 Å². The number of esters is 2. The summed E-state index contributed by atoms with van der Waals surface area (Å²) in [5, 5.41) is 0. The molecule has 0 radical (unpaired) electrons. The van der Waals surface area contributed by atoms with E-state index >= 15 is 0 Å². The molecule has 0 rings (SSSR count). The number of rotatable bonds is 44. The van der Waals surface area contributed by atoms with E-state index in [2.05, 4.69) is 62.5 Å². The lowest BCUT2D eigenvalue weighted by Crippen LogP contribution is -2.37. The van der Waals surface area contributed by atoms with Crippen LogP contribution >= 0.6 is 7.82 Å². The summed E-state index contributed by atoms with van der Waals surface area (Å²) in [5.41, 5.74) is 0. The van der Waals surface area contributed by atoms with Gasteiger partial charge in [-0.3, -0.25) is 14.2 Å². The van der Waals surface area contributed by atoms with E-state index < -0.39 is 32.5 Å². The molecule has 0 amide bonds. The molecule has 0 N–H and O–H groups in total. The highest BCUT2D eigenvalue weighted by molar-refractivity contribution is 7.45. The van der Waals surface area contributed by atoms with Crippen molar-refractivity contribution in [2.75, 3.05) is 47.5 Å². The van der Waals surface area contributed by atoms with E-state index in [9.17, 15) is 19.0 Å². The van der Waals surface area contributed by atoms with Gasteiger partial charge in [0, 0.05) is 12.8 Å². The smallest absolute Gasteiger partial charge is 0.306 e. The molecule has 0 saturated heterocycles. The molecular formula is C50H92NO8P. The minimum atomic E-state index is -4.64. The standard InChI is InChI=1S/C50H92NO8P/c1-6-8-10-12-14-16-18-20-22-23-24-25-26-27-29-30-32-34-36-38-40-42-49(52)56-46-48(47-58-60(54,55)57-45-44-51(3,4)5)59-50(53)43-41-39-37-35-33-31-28-21-19-17-15-13-11-9-7-2/h9,11,15,17,21,28,33,35,48H,6-8,10,12-14,16,18-20,22-27,29-32,34,36-47H2,1-5H3/b11-9-,17-15-,28-21-,35-33-/t48-/m1/s1. The number of likely N-dealkylation sites (N-methyl/N-ethyl adjacent to an activating group) is 1. The summed E-state index contributed by atoms with van der Waals surface area (Å²) in [4.78, 5) is 37.6. The summed E-state index contributed by atoms with van der Waals surface area (Å²) in [7, 11) is 1.14. The summed E-state index contributed by atoms with van der Waals surface area (Å²) >= 11 is 0. The number of phosphoric ester groups is 1. The van der Waals surface area contributed by atoms with Crippen LogP contribution in [0, 0.1) is 0 Å². The topological polar surface area (TPSA) is 111 Å². The van der Waals surface area contributed by atoms with Crippen LogP contribution in [0.3, 0.4) is 0 Å². The molecule has 0 spiro atoms. The number of hydrogen-bond acceptors (Lipinski definition) is 8. The molecule has 1 unspecified atom stereocenters. The molecule has 9 nitrogen and oxygen atoms in total. The maximum atomic E-state index is 12.7. The monoisotopic (exact) mass is 866 g/mol. The number of nitrogens with zero attached hydrogens (tertiary/aromatic N) is 1. The molecule has 2 atom stereocenters. The van der Waals surface area contributed by atoms with Gasteiger partial charge in [-0.05, 0) is 51.4 Å². The Labute approximate surface area is 369 Å². The molecule has 10 heteroatoms. The van der Waals surface area contributed by atoms with Crippen molar-refractivity contribution in [2.24, 2.45) is 0 Å². The van der Waals surface area contributed by atoms with Crippen molar-refractivity contribution in [1.29, 1.82) is 0 Å². The summed E-state index contributed by atoms with van der Waals surface area (Å²) in [6, 6.07) is 0. The second kappa shape index (κ2) is 42.3. The Kier molecular flexibility index (Phi) is 40.8. The van der Waals surface area contributed by atoms with Gasteiger partial charge in [-0.25, -0.2) is 0 Å². The number of carbonyl (C=O) groups excluding carboxylic acids is 2. The van der Waals surface area contributed by atoms with E-state index in [1.165, 1.54) is 116 Å². The van der Waals surface area contributed by atoms with E-state index in [0.29, 0.717) is 17.4 Å². The van der Waals surface area contributed by atoms with Gasteiger partial charge in [0.2, 0.25) is 0 Å². The van der Waals surface area contributed by atoms with Crippen LogP contribution in [0.15, 0.2) is 48.6 Å². The minimum absolute atomic E-state index is 0.0392. The van der Waals surface area contributed by atoms with Gasteiger partial charge in [0.15, 0.2) is 6.10 Å². The van der Waals surface area contributed by atoms with E-state index in [1.54, 1.807) is 0 Å². The fraction of sp³-hybridized carbons (Fsp3) is 0.800. The Morgan fingerprint density at radius 3 is 1.42 bits per heavy atom. The lowest BCUT2D eigenvalue weighted by atomic mass is 10.0. The molecule has 0 bridgehead atoms. The third-order valence-corrected chi connectivity index (χ3v) is 11.3. The lowest BCUT2D eigenvalue weighted by molar-refractivity contribution is -0.870. The van der Waals surface area contributed by atoms with Crippen LogP contribution in [0.25, 0.3) is 0 Å². The van der Waals surface area contributed by atoms with Crippen LogP contribution < -0.4 is 4.89 Å². The summed E-state index contributed by atoms with van der Waals surface area (Å²) < 4.78 is 33.9. The zero-order chi connectivity index (χ0) is 44.3. The van der Waals surface area contributed by atoms with E-state index in [0.717, 1.165) is 57.8 Å². The average Bonchev–Trinajstić information content (AvgIpc) is 3.20. The lowest BCUT2D eigenvalue weighted by Gasteiger charge is -2.28. The van der Waals surface area contributed by atoms with Gasteiger partial charge in [0.1, 0.15) is 19.8 Å². The maximum Gasteiger partial charge on any atom is 0.306 e. The molecule has 0 aromatic heterocycles. The van der Waals surface area contributed by atoms with Crippen LogP contribution in [0.2, 0.25) is 0 Å². The maximum absolute atomic E-state index is 12.7. The van der Waals surface area contributed by atoms with Crippen LogP contribution in [0.5, 0.6) is 0 Å². The molecule has 350 valence electrons. The molecule has 60 heavy (non-hydrogen) atoms. The third kappa shape index (κ3) is 45.5. The first-order chi connectivity index (χ1) is 29.0. The Morgan fingerprint density at radius 1 is 0.533 bits per heavy atom. The molecule has 0 aromatic rings. The minimum Gasteiger partial charge on any atom is -0.756 e. The van der Waals surface area contributed by atoms with Crippen molar-refractivity contribution in [1.82, 2.24) is 0 Å². The number of quaternary nitrogens is 1. The summed E-state index contributed by atoms with van der Waals surface area (Å²) in [5.74, 6) is -0.878. The highest BCUT2D eigenvalue weighted by Crippen LogP contribution is 2.38. The first kappa shape index (κ1) is 58.0. The number of allylic oxidation sites excluding steroid dienone is 8. The van der Waals surface area contributed by atoms with Gasteiger partial charge in [0.25, 0.3) is 7.82 Å². The Balaban J connectivity index is 4.28. The average molecular weight is 866 g/mol. The van der Waals surface area contributed by atoms with Crippen molar-refractivity contribution in [3.8, 4) is 0 Å².